The molecule has 2 aromatic rings. The van der Waals surface area contributed by atoms with Gasteiger partial charge in [-0.3, -0.25) is 4.99 Å². The number of benzene rings is 2. The number of hydrogen-bond acceptors (Lipinski definition) is 2. The summed E-state index contributed by atoms with van der Waals surface area (Å²) in [6, 6.07) is 14.6. The first kappa shape index (κ1) is 16.9. The van der Waals surface area contributed by atoms with Gasteiger partial charge in [-0.15, -0.1) is 0 Å². The van der Waals surface area contributed by atoms with Crippen molar-refractivity contribution >= 4 is 17.7 Å². The first-order valence-corrected chi connectivity index (χ1v) is 7.95. The van der Waals surface area contributed by atoms with Gasteiger partial charge in [-0.1, -0.05) is 30.3 Å². The lowest BCUT2D eigenvalue weighted by atomic mass is 9.95. The second kappa shape index (κ2) is 7.73. The standard InChI is InChI=1S/C20H25N3/c1-6-23(5)14-22-19-13-15(2)18(12-16(19)3)20(21-4)17-10-8-7-9-11-17/h7-14H,6H2,1-5H3/b21-20-,22-14-. The Bertz CT molecular complexity index is 715. The van der Waals surface area contributed by atoms with E-state index in [-0.39, 0.29) is 0 Å². The van der Waals surface area contributed by atoms with Crippen molar-refractivity contribution < 1.29 is 0 Å². The first-order valence-electron chi connectivity index (χ1n) is 7.95. The molecule has 23 heavy (non-hydrogen) atoms. The Balaban J connectivity index is 2.42. The van der Waals surface area contributed by atoms with Crippen LogP contribution in [0.15, 0.2) is 52.4 Å². The van der Waals surface area contributed by atoms with Gasteiger partial charge >= 0.3 is 0 Å². The zero-order valence-electron chi connectivity index (χ0n) is 14.7. The fourth-order valence-corrected chi connectivity index (χ4v) is 2.44. The number of aryl methyl sites for hydroxylation is 2. The molecule has 2 rings (SSSR count). The molecule has 0 N–H and O–H groups in total. The fourth-order valence-electron chi connectivity index (χ4n) is 2.44. The molecule has 0 radical (unpaired) electrons. The van der Waals surface area contributed by atoms with E-state index in [4.69, 9.17) is 0 Å². The molecule has 0 spiro atoms. The highest BCUT2D eigenvalue weighted by atomic mass is 15.1. The average molecular weight is 307 g/mol. The maximum Gasteiger partial charge on any atom is 0.0909 e. The van der Waals surface area contributed by atoms with Crippen LogP contribution < -0.4 is 0 Å². The molecule has 0 saturated heterocycles. The number of rotatable bonds is 5. The van der Waals surface area contributed by atoms with Gasteiger partial charge in [0.1, 0.15) is 0 Å². The summed E-state index contributed by atoms with van der Waals surface area (Å²) in [6.07, 6.45) is 1.88. The lowest BCUT2D eigenvalue weighted by Gasteiger charge is -2.13. The SMILES string of the molecule is CCN(C)/C=N\c1cc(C)c(/C(=N\C)c2ccccc2)cc1C. The number of hydrogen-bond donors (Lipinski definition) is 0. The summed E-state index contributed by atoms with van der Waals surface area (Å²) in [5.74, 6) is 0. The van der Waals surface area contributed by atoms with Gasteiger partial charge in [-0.2, -0.15) is 0 Å². The van der Waals surface area contributed by atoms with Crippen molar-refractivity contribution in [1.29, 1.82) is 0 Å². The highest BCUT2D eigenvalue weighted by Gasteiger charge is 2.11. The van der Waals surface area contributed by atoms with Gasteiger partial charge in [0, 0.05) is 31.8 Å². The predicted octanol–water partition coefficient (Wildman–Crippen LogP) is 4.38. The van der Waals surface area contributed by atoms with E-state index in [0.717, 1.165) is 29.1 Å². The van der Waals surface area contributed by atoms with E-state index >= 15 is 0 Å². The third-order valence-electron chi connectivity index (χ3n) is 3.96. The van der Waals surface area contributed by atoms with E-state index in [2.05, 4.69) is 59.9 Å². The molecule has 0 aliphatic rings. The summed E-state index contributed by atoms with van der Waals surface area (Å²) >= 11 is 0. The molecule has 0 saturated carbocycles. The lowest BCUT2D eigenvalue weighted by Crippen LogP contribution is -2.14. The molecule has 0 bridgehead atoms. The van der Waals surface area contributed by atoms with Crippen LogP contribution in [0.2, 0.25) is 0 Å². The molecule has 0 unspecified atom stereocenters. The maximum absolute atomic E-state index is 4.60. The van der Waals surface area contributed by atoms with Crippen molar-refractivity contribution in [2.75, 3.05) is 20.6 Å². The Kier molecular flexibility index (Phi) is 5.69. The van der Waals surface area contributed by atoms with Crippen LogP contribution in [-0.2, 0) is 0 Å². The first-order chi connectivity index (χ1) is 11.1. The molecule has 0 atom stereocenters. The fraction of sp³-hybridized carbons (Fsp3) is 0.300. The molecular weight excluding hydrogens is 282 g/mol. The van der Waals surface area contributed by atoms with Gasteiger partial charge in [0.2, 0.25) is 0 Å². The Labute approximate surface area is 139 Å². The van der Waals surface area contributed by atoms with Crippen LogP contribution in [0, 0.1) is 13.8 Å². The minimum absolute atomic E-state index is 0.945. The van der Waals surface area contributed by atoms with E-state index in [1.165, 1.54) is 11.1 Å². The largest absolute Gasteiger partial charge is 0.366 e. The second-order valence-electron chi connectivity index (χ2n) is 5.71. The summed E-state index contributed by atoms with van der Waals surface area (Å²) in [6.45, 7) is 7.27. The lowest BCUT2D eigenvalue weighted by molar-refractivity contribution is 0.552. The molecule has 120 valence electrons. The molecule has 2 aromatic carbocycles. The van der Waals surface area contributed by atoms with Crippen molar-refractivity contribution in [2.45, 2.75) is 20.8 Å². The third kappa shape index (κ3) is 4.07. The monoisotopic (exact) mass is 307 g/mol. The van der Waals surface area contributed by atoms with Crippen LogP contribution in [0.5, 0.6) is 0 Å². The van der Waals surface area contributed by atoms with Gasteiger partial charge in [-0.05, 0) is 44.0 Å². The Hall–Kier alpha value is -2.42. The van der Waals surface area contributed by atoms with Crippen LogP contribution in [0.4, 0.5) is 5.69 Å². The molecule has 0 aliphatic heterocycles. The van der Waals surface area contributed by atoms with Crippen molar-refractivity contribution in [3.05, 3.63) is 64.7 Å². The van der Waals surface area contributed by atoms with E-state index in [9.17, 15) is 0 Å². The van der Waals surface area contributed by atoms with Crippen LogP contribution in [-0.4, -0.2) is 37.6 Å². The summed E-state index contributed by atoms with van der Waals surface area (Å²) in [7, 11) is 3.87. The number of aliphatic imine (C=N–C) groups is 2. The van der Waals surface area contributed by atoms with Gasteiger partial charge in [0.15, 0.2) is 0 Å². The van der Waals surface area contributed by atoms with Gasteiger partial charge < -0.3 is 4.90 Å². The van der Waals surface area contributed by atoms with Crippen molar-refractivity contribution in [2.24, 2.45) is 9.98 Å². The summed E-state index contributed by atoms with van der Waals surface area (Å²) < 4.78 is 0. The van der Waals surface area contributed by atoms with E-state index < -0.39 is 0 Å². The Morgan fingerprint density at radius 2 is 1.78 bits per heavy atom. The summed E-state index contributed by atoms with van der Waals surface area (Å²) in [5.41, 5.74) is 6.68. The van der Waals surface area contributed by atoms with Crippen molar-refractivity contribution in [3.8, 4) is 0 Å². The van der Waals surface area contributed by atoms with Gasteiger partial charge in [0.05, 0.1) is 17.7 Å². The molecule has 3 nitrogen and oxygen atoms in total. The quantitative estimate of drug-likeness (QED) is 0.595. The van der Waals surface area contributed by atoms with Gasteiger partial charge in [0.25, 0.3) is 0 Å². The third-order valence-corrected chi connectivity index (χ3v) is 3.96. The zero-order valence-corrected chi connectivity index (χ0v) is 14.7. The molecule has 0 heterocycles. The Morgan fingerprint density at radius 3 is 2.39 bits per heavy atom. The zero-order chi connectivity index (χ0) is 16.8. The highest BCUT2D eigenvalue weighted by molar-refractivity contribution is 6.14. The van der Waals surface area contributed by atoms with Crippen molar-refractivity contribution in [1.82, 2.24) is 4.90 Å². The summed E-state index contributed by atoms with van der Waals surface area (Å²) in [5, 5.41) is 0. The van der Waals surface area contributed by atoms with Crippen LogP contribution in [0.3, 0.4) is 0 Å². The number of nitrogens with zero attached hydrogens (tertiary/aromatic N) is 3. The predicted molar refractivity (Wildman–Crippen MR) is 100 cm³/mol. The highest BCUT2D eigenvalue weighted by Crippen LogP contribution is 2.25. The Morgan fingerprint density at radius 1 is 1.09 bits per heavy atom. The van der Waals surface area contributed by atoms with Crippen LogP contribution in [0.25, 0.3) is 0 Å². The smallest absolute Gasteiger partial charge is 0.0909 e. The minimum Gasteiger partial charge on any atom is -0.366 e. The molecule has 0 aliphatic carbocycles. The maximum atomic E-state index is 4.60. The molecule has 3 heteroatoms. The van der Waals surface area contributed by atoms with Crippen LogP contribution in [0.1, 0.15) is 29.2 Å². The average Bonchev–Trinajstić information content (AvgIpc) is 2.57. The second-order valence-corrected chi connectivity index (χ2v) is 5.71. The topological polar surface area (TPSA) is 28.0 Å². The van der Waals surface area contributed by atoms with E-state index in [0.29, 0.717) is 0 Å². The minimum atomic E-state index is 0.945. The molecule has 0 fully saturated rings. The van der Waals surface area contributed by atoms with E-state index in [1.807, 2.05) is 38.6 Å². The van der Waals surface area contributed by atoms with E-state index in [1.54, 1.807) is 0 Å². The molecule has 0 amide bonds. The molecular formula is C20H25N3. The normalized spacial score (nSPS) is 12.0. The summed E-state index contributed by atoms with van der Waals surface area (Å²) in [4.78, 5) is 11.2. The van der Waals surface area contributed by atoms with Gasteiger partial charge in [-0.25, -0.2) is 4.99 Å². The van der Waals surface area contributed by atoms with Crippen LogP contribution >= 0.6 is 0 Å². The van der Waals surface area contributed by atoms with Crippen molar-refractivity contribution in [3.63, 3.8) is 0 Å². The molecule has 0 aromatic heterocycles.